The number of aryl methyl sites for hydroxylation is 1. The number of furan rings is 1. The van der Waals surface area contributed by atoms with Crippen LogP contribution in [0.4, 0.5) is 0 Å². The van der Waals surface area contributed by atoms with E-state index < -0.39 is 6.85 Å². The van der Waals surface area contributed by atoms with Crippen LogP contribution in [0, 0.1) is 6.85 Å². The van der Waals surface area contributed by atoms with Crippen molar-refractivity contribution >= 4 is 43.7 Å². The lowest BCUT2D eigenvalue weighted by Gasteiger charge is -2.18. The first-order chi connectivity index (χ1) is 20.1. The lowest BCUT2D eigenvalue weighted by molar-refractivity contribution is -0.556. The van der Waals surface area contributed by atoms with Crippen molar-refractivity contribution in [2.45, 2.75) is 46.4 Å². The van der Waals surface area contributed by atoms with Gasteiger partial charge in [-0.05, 0) is 65.4 Å². The summed E-state index contributed by atoms with van der Waals surface area (Å²) >= 11 is 0. The largest absolute Gasteiger partial charge is 0.455 e. The molecule has 0 unspecified atom stereocenters. The highest BCUT2D eigenvalue weighted by atomic mass is 16.3. The van der Waals surface area contributed by atoms with E-state index in [1.54, 1.807) is 6.07 Å². The minimum absolute atomic E-state index is 0.295. The quantitative estimate of drug-likeness (QED) is 0.234. The summed E-state index contributed by atoms with van der Waals surface area (Å²) in [6.07, 6.45) is 0. The van der Waals surface area contributed by atoms with Gasteiger partial charge < -0.3 is 4.42 Å². The Morgan fingerprint density at radius 2 is 1.46 bits per heavy atom. The van der Waals surface area contributed by atoms with Gasteiger partial charge in [-0.1, -0.05) is 88.4 Å². The molecule has 2 heterocycles. The summed E-state index contributed by atoms with van der Waals surface area (Å²) in [6.45, 7) is 6.61. The van der Waals surface area contributed by atoms with E-state index in [-0.39, 0.29) is 0 Å². The highest BCUT2D eigenvalue weighted by molar-refractivity contribution is 6.14. The SMILES string of the molecule is [2H]C([2H])([2H])c1ccc(-c2[nH]c3ccccc3[n+]2-c2c(C(C)C)cccc2C(C)C)c2oc3cc4ccccc4cc3c12. The monoisotopic (exact) mass is 512 g/mol. The third-order valence-corrected chi connectivity index (χ3v) is 7.93. The number of hydrogen-bond donors (Lipinski definition) is 1. The molecule has 0 amide bonds. The van der Waals surface area contributed by atoms with E-state index in [4.69, 9.17) is 8.53 Å². The van der Waals surface area contributed by atoms with E-state index >= 15 is 0 Å². The molecule has 3 heteroatoms. The summed E-state index contributed by atoms with van der Waals surface area (Å²) in [4.78, 5) is 3.70. The van der Waals surface area contributed by atoms with Crippen LogP contribution in [0.5, 0.6) is 0 Å². The van der Waals surface area contributed by atoms with Gasteiger partial charge in [0.05, 0.1) is 0 Å². The van der Waals surface area contributed by atoms with Crippen LogP contribution in [-0.4, -0.2) is 4.98 Å². The van der Waals surface area contributed by atoms with E-state index in [1.807, 2.05) is 30.3 Å². The first-order valence-electron chi connectivity index (χ1n) is 15.2. The van der Waals surface area contributed by atoms with Crippen LogP contribution in [0.3, 0.4) is 0 Å². The molecule has 2 aromatic heterocycles. The molecule has 0 fully saturated rings. The number of imidazole rings is 1. The lowest BCUT2D eigenvalue weighted by Crippen LogP contribution is -2.35. The predicted molar refractivity (Wildman–Crippen MR) is 163 cm³/mol. The molecule has 3 nitrogen and oxygen atoms in total. The zero-order chi connectivity index (χ0) is 29.3. The van der Waals surface area contributed by atoms with Crippen LogP contribution in [-0.2, 0) is 0 Å². The van der Waals surface area contributed by atoms with Gasteiger partial charge in [0.15, 0.2) is 16.6 Å². The molecule has 0 radical (unpaired) electrons. The summed E-state index contributed by atoms with van der Waals surface area (Å²) in [7, 11) is 0. The Labute approximate surface area is 232 Å². The molecule has 0 bridgehead atoms. The van der Waals surface area contributed by atoms with Gasteiger partial charge in [-0.15, -0.1) is 0 Å². The van der Waals surface area contributed by atoms with Crippen LogP contribution in [0.25, 0.3) is 60.8 Å². The van der Waals surface area contributed by atoms with Gasteiger partial charge in [-0.25, -0.2) is 4.98 Å². The van der Waals surface area contributed by atoms with E-state index in [9.17, 15) is 0 Å². The molecule has 0 saturated heterocycles. The fourth-order valence-corrected chi connectivity index (χ4v) is 6.02. The molecular formula is C36H33N2O+. The number of rotatable bonds is 4. The maximum Gasteiger partial charge on any atom is 0.296 e. The van der Waals surface area contributed by atoms with Gasteiger partial charge in [-0.3, -0.25) is 0 Å². The van der Waals surface area contributed by atoms with Crippen molar-refractivity contribution in [3.8, 4) is 17.1 Å². The number of hydrogen-bond acceptors (Lipinski definition) is 1. The first kappa shape index (κ1) is 20.6. The van der Waals surface area contributed by atoms with Gasteiger partial charge in [-0.2, -0.15) is 4.57 Å². The Bertz CT molecular complexity index is 2120. The smallest absolute Gasteiger partial charge is 0.296 e. The normalized spacial score (nSPS) is 13.6. The number of aromatic amines is 1. The predicted octanol–water partition coefficient (Wildman–Crippen LogP) is 9.72. The third-order valence-electron chi connectivity index (χ3n) is 7.93. The Morgan fingerprint density at radius 3 is 2.18 bits per heavy atom. The molecule has 39 heavy (non-hydrogen) atoms. The maximum absolute atomic E-state index is 8.40. The highest BCUT2D eigenvalue weighted by Gasteiger charge is 2.30. The topological polar surface area (TPSA) is 32.8 Å². The van der Waals surface area contributed by atoms with Crippen molar-refractivity contribution in [3.05, 3.63) is 108 Å². The molecule has 0 aliphatic rings. The summed E-state index contributed by atoms with van der Waals surface area (Å²) in [5.41, 5.74) is 8.08. The molecule has 7 aromatic rings. The van der Waals surface area contributed by atoms with Crippen molar-refractivity contribution in [1.82, 2.24) is 4.98 Å². The molecule has 7 rings (SSSR count). The minimum Gasteiger partial charge on any atom is -0.455 e. The van der Waals surface area contributed by atoms with Crippen LogP contribution in [0.2, 0.25) is 0 Å². The Hall–Kier alpha value is -4.37. The fourth-order valence-electron chi connectivity index (χ4n) is 6.02. The number of benzene rings is 5. The fraction of sp³-hybridized carbons (Fsp3) is 0.194. The summed E-state index contributed by atoms with van der Waals surface area (Å²) in [6, 6.07) is 30.7. The summed E-state index contributed by atoms with van der Waals surface area (Å²) < 4.78 is 34.2. The van der Waals surface area contributed by atoms with Crippen LogP contribution in [0.1, 0.15) is 60.3 Å². The Morgan fingerprint density at radius 1 is 0.769 bits per heavy atom. The van der Waals surface area contributed by atoms with Gasteiger partial charge in [0.2, 0.25) is 0 Å². The number of nitrogens with one attached hydrogen (secondary N) is 1. The summed E-state index contributed by atoms with van der Waals surface area (Å²) in [5.74, 6) is 1.45. The second kappa shape index (κ2) is 8.84. The number of aromatic nitrogens is 2. The molecule has 0 aliphatic carbocycles. The average Bonchev–Trinajstić information content (AvgIpc) is 3.52. The van der Waals surface area contributed by atoms with Gasteiger partial charge in [0.25, 0.3) is 5.82 Å². The van der Waals surface area contributed by atoms with E-state index in [0.29, 0.717) is 34.0 Å². The second-order valence-corrected chi connectivity index (χ2v) is 11.1. The maximum atomic E-state index is 8.40. The number of para-hydroxylation sites is 3. The van der Waals surface area contributed by atoms with Gasteiger partial charge in [0.1, 0.15) is 16.8 Å². The number of fused-ring (bicyclic) bond motifs is 5. The summed E-state index contributed by atoms with van der Waals surface area (Å²) in [5, 5.41) is 3.54. The first-order valence-corrected chi connectivity index (χ1v) is 13.7. The Balaban J connectivity index is 1.65. The van der Waals surface area contributed by atoms with E-state index in [1.165, 1.54) is 11.1 Å². The molecule has 5 aromatic carbocycles. The zero-order valence-electron chi connectivity index (χ0n) is 25.7. The van der Waals surface area contributed by atoms with E-state index in [2.05, 4.69) is 91.8 Å². The minimum atomic E-state index is -2.30. The molecule has 0 aliphatic heterocycles. The standard InChI is InChI=1S/C36H32N2O/c1-21(2)26-13-10-14-27(22(3)4)34(26)38-31-16-9-8-15-30(31)37-36(38)28-18-17-23(5)33-29-19-24-11-6-7-12-25(24)20-32(29)39-35(28)33/h6-22H,1-5H3/p+1/i5D3. The number of nitrogens with zero attached hydrogens (tertiary/aromatic N) is 1. The third kappa shape index (κ3) is 3.60. The molecule has 0 saturated carbocycles. The molecule has 0 spiro atoms. The second-order valence-electron chi connectivity index (χ2n) is 11.1. The van der Waals surface area contributed by atoms with Gasteiger partial charge >= 0.3 is 0 Å². The van der Waals surface area contributed by atoms with Gasteiger partial charge in [0, 0.05) is 26.0 Å². The highest BCUT2D eigenvalue weighted by Crippen LogP contribution is 2.40. The van der Waals surface area contributed by atoms with Crippen LogP contribution < -0.4 is 4.57 Å². The van der Waals surface area contributed by atoms with Crippen molar-refractivity contribution < 1.29 is 13.1 Å². The van der Waals surface area contributed by atoms with Crippen molar-refractivity contribution in [1.29, 1.82) is 0 Å². The van der Waals surface area contributed by atoms with Crippen molar-refractivity contribution in [2.24, 2.45) is 0 Å². The molecular weight excluding hydrogens is 476 g/mol. The van der Waals surface area contributed by atoms with Crippen LogP contribution >= 0.6 is 0 Å². The van der Waals surface area contributed by atoms with E-state index in [0.717, 1.165) is 44.3 Å². The Kier molecular flexibility index (Phi) is 4.67. The van der Waals surface area contributed by atoms with Crippen LogP contribution in [0.15, 0.2) is 95.4 Å². The molecule has 0 atom stereocenters. The number of H-pyrrole nitrogens is 1. The molecule has 1 N–H and O–H groups in total. The van der Waals surface area contributed by atoms with Crippen molar-refractivity contribution in [3.63, 3.8) is 0 Å². The average molecular weight is 513 g/mol. The lowest BCUT2D eigenvalue weighted by atomic mass is 9.92. The van der Waals surface area contributed by atoms with Crippen molar-refractivity contribution in [2.75, 3.05) is 0 Å². The molecule has 192 valence electrons. The zero-order valence-corrected chi connectivity index (χ0v) is 22.7.